The van der Waals surface area contributed by atoms with E-state index in [1.54, 1.807) is 0 Å². The number of aromatic nitrogens is 4. The summed E-state index contributed by atoms with van der Waals surface area (Å²) in [5.74, 6) is 0.202. The highest BCUT2D eigenvalue weighted by Crippen LogP contribution is 2.52. The van der Waals surface area contributed by atoms with Crippen molar-refractivity contribution in [1.82, 2.24) is 19.5 Å². The first-order valence-corrected chi connectivity index (χ1v) is 10.5. The predicted octanol–water partition coefficient (Wildman–Crippen LogP) is 0.361. The minimum absolute atomic E-state index is 0.140. The van der Waals surface area contributed by atoms with E-state index in [0.717, 1.165) is 5.56 Å². The lowest BCUT2D eigenvalue weighted by molar-refractivity contribution is -0.0664. The molecule has 1 aromatic carbocycles. The van der Waals surface area contributed by atoms with Crippen LogP contribution in [0.25, 0.3) is 11.2 Å². The van der Waals surface area contributed by atoms with Gasteiger partial charge in [0.2, 0.25) is 0 Å². The highest BCUT2D eigenvalue weighted by atomic mass is 31.2. The molecule has 0 bridgehead atoms. The van der Waals surface area contributed by atoms with Crippen molar-refractivity contribution in [2.75, 3.05) is 12.3 Å². The first-order valence-electron chi connectivity index (χ1n) is 8.96. The smallest absolute Gasteiger partial charge is 0.392 e. The van der Waals surface area contributed by atoms with Crippen molar-refractivity contribution in [3.63, 3.8) is 0 Å². The summed E-state index contributed by atoms with van der Waals surface area (Å²) in [6.45, 7) is -0.0173. The summed E-state index contributed by atoms with van der Waals surface area (Å²) in [6, 6.07) is 9.52. The molecule has 5 N–H and O–H groups in total. The van der Waals surface area contributed by atoms with E-state index in [1.165, 1.54) is 17.2 Å². The van der Waals surface area contributed by atoms with E-state index >= 15 is 0 Å². The van der Waals surface area contributed by atoms with Gasteiger partial charge in [-0.15, -0.1) is 0 Å². The van der Waals surface area contributed by atoms with E-state index < -0.39 is 32.4 Å². The van der Waals surface area contributed by atoms with Gasteiger partial charge >= 0.3 is 7.82 Å². The molecule has 5 rings (SSSR count). The van der Waals surface area contributed by atoms with Crippen LogP contribution in [0.5, 0.6) is 0 Å². The zero-order chi connectivity index (χ0) is 21.3. The Bertz CT molecular complexity index is 1070. The largest absolute Gasteiger partial charge is 0.472 e. The molecule has 2 saturated heterocycles. The number of nitrogens with zero attached hydrogens (tertiary/aromatic N) is 4. The molecule has 2 fully saturated rings. The third kappa shape index (κ3) is 4.07. The third-order valence-corrected chi connectivity index (χ3v) is 5.64. The van der Waals surface area contributed by atoms with Crippen molar-refractivity contribution >= 4 is 24.8 Å². The van der Waals surface area contributed by atoms with Gasteiger partial charge in [-0.25, -0.2) is 19.5 Å². The number of anilines is 1. The van der Waals surface area contributed by atoms with Crippen LogP contribution >= 0.6 is 7.82 Å². The summed E-state index contributed by atoms with van der Waals surface area (Å²) in [4.78, 5) is 21.3. The van der Waals surface area contributed by atoms with Gasteiger partial charge in [0.25, 0.3) is 0 Å². The zero-order valence-electron chi connectivity index (χ0n) is 15.6. The molecule has 160 valence electrons. The molecule has 12 nitrogen and oxygen atoms in total. The monoisotopic (exact) mass is 437 g/mol. The number of imidazole rings is 1. The van der Waals surface area contributed by atoms with E-state index in [-0.39, 0.29) is 19.0 Å². The Morgan fingerprint density at radius 1 is 1.23 bits per heavy atom. The van der Waals surface area contributed by atoms with Crippen LogP contribution in [-0.2, 0) is 25.0 Å². The molecular weight excluding hydrogens is 417 g/mol. The molecule has 30 heavy (non-hydrogen) atoms. The molecule has 2 aliphatic rings. The Hall–Kier alpha value is -2.44. The topological polar surface area (TPSA) is 175 Å². The van der Waals surface area contributed by atoms with Crippen LogP contribution < -0.4 is 5.73 Å². The fourth-order valence-electron chi connectivity index (χ4n) is 3.21. The minimum atomic E-state index is -4.16. The van der Waals surface area contributed by atoms with Crippen molar-refractivity contribution in [3.8, 4) is 0 Å². The van der Waals surface area contributed by atoms with E-state index in [4.69, 9.17) is 20.1 Å². The van der Waals surface area contributed by atoms with E-state index in [9.17, 15) is 14.6 Å². The Kier molecular flexibility index (Phi) is 5.80. The van der Waals surface area contributed by atoms with Gasteiger partial charge in [-0.05, 0) is 5.56 Å². The fraction of sp³-hybridized carbons (Fsp3) is 0.353. The summed E-state index contributed by atoms with van der Waals surface area (Å²) in [7, 11) is -4.16. The second kappa shape index (κ2) is 8.36. The van der Waals surface area contributed by atoms with Crippen LogP contribution in [0.4, 0.5) is 5.82 Å². The Labute approximate surface area is 170 Å². The summed E-state index contributed by atoms with van der Waals surface area (Å²) < 4.78 is 28.2. The molecule has 2 aromatic heterocycles. The van der Waals surface area contributed by atoms with Crippen LogP contribution in [0.3, 0.4) is 0 Å². The van der Waals surface area contributed by atoms with Crippen LogP contribution in [0.15, 0.2) is 43.0 Å². The maximum atomic E-state index is 11.5. The zero-order valence-corrected chi connectivity index (χ0v) is 16.4. The quantitative estimate of drug-likeness (QED) is 0.407. The number of fused-ring (bicyclic) bond motifs is 2. The van der Waals surface area contributed by atoms with E-state index in [0.29, 0.717) is 11.2 Å². The van der Waals surface area contributed by atoms with Gasteiger partial charge < -0.3 is 25.6 Å². The molecule has 0 amide bonds. The minimum Gasteiger partial charge on any atom is -0.392 e. The molecule has 4 heterocycles. The van der Waals surface area contributed by atoms with Gasteiger partial charge in [-0.2, -0.15) is 0 Å². The molecule has 3 aromatic rings. The standard InChI is InChI=1S/C10H12N5O6P.C7H8O/c11-8-5-9(13-2-12-8)15(3-14-5)10-6(16)7-4(20-10)1-19-22(17,18)21-7;8-6-7-4-2-1-3-5-7/h2-4,6-7,10,16H,1H2,(H,17,18)(H2,11,12,13);1-5,8H,6H2/t4-,6-,7-,10-;/m1./s1. The van der Waals surface area contributed by atoms with Crippen molar-refractivity contribution in [1.29, 1.82) is 0 Å². The third-order valence-electron chi connectivity index (χ3n) is 4.65. The SMILES string of the molecule is Nc1ncnc2c1ncn2[C@@H]1O[C@@H]2COP(=O)(O)O[C@H]2[C@H]1O.OCc1ccccc1. The van der Waals surface area contributed by atoms with Gasteiger partial charge in [0.1, 0.15) is 30.2 Å². The highest BCUT2D eigenvalue weighted by molar-refractivity contribution is 7.47. The lowest BCUT2D eigenvalue weighted by Crippen LogP contribution is -2.39. The van der Waals surface area contributed by atoms with Crippen molar-refractivity contribution < 1.29 is 33.5 Å². The fourth-order valence-corrected chi connectivity index (χ4v) is 4.17. The van der Waals surface area contributed by atoms with Crippen LogP contribution in [-0.4, -0.2) is 59.5 Å². The van der Waals surface area contributed by atoms with Crippen LogP contribution in [0.2, 0.25) is 0 Å². The molecule has 0 spiro atoms. The van der Waals surface area contributed by atoms with Gasteiger partial charge in [0.15, 0.2) is 17.7 Å². The molecule has 0 radical (unpaired) electrons. The number of hydrogen-bond donors (Lipinski definition) is 4. The molecule has 13 heteroatoms. The summed E-state index contributed by atoms with van der Waals surface area (Å²) >= 11 is 0. The number of phosphoric ester groups is 1. The average Bonchev–Trinajstić information content (AvgIpc) is 3.31. The van der Waals surface area contributed by atoms with E-state index in [2.05, 4.69) is 19.5 Å². The molecule has 1 unspecified atom stereocenters. The molecular formula is C17H20N5O7P. The second-order valence-electron chi connectivity index (χ2n) is 6.62. The average molecular weight is 437 g/mol. The summed E-state index contributed by atoms with van der Waals surface area (Å²) in [5.41, 5.74) is 7.43. The molecule has 5 atom stereocenters. The summed E-state index contributed by atoms with van der Waals surface area (Å²) in [5, 5.41) is 18.9. The number of ether oxygens (including phenoxy) is 1. The first kappa shape index (κ1) is 20.8. The number of aliphatic hydroxyl groups is 2. The number of phosphoric acid groups is 1. The number of aliphatic hydroxyl groups excluding tert-OH is 2. The maximum absolute atomic E-state index is 11.5. The number of benzene rings is 1. The van der Waals surface area contributed by atoms with Crippen LogP contribution in [0.1, 0.15) is 11.8 Å². The van der Waals surface area contributed by atoms with Gasteiger partial charge in [0.05, 0.1) is 19.5 Å². The number of rotatable bonds is 2. The molecule has 0 saturated carbocycles. The lowest BCUT2D eigenvalue weighted by atomic mass is 10.1. The van der Waals surface area contributed by atoms with Crippen molar-refractivity contribution in [2.24, 2.45) is 0 Å². The number of hydrogen-bond acceptors (Lipinski definition) is 10. The van der Waals surface area contributed by atoms with Crippen molar-refractivity contribution in [2.45, 2.75) is 31.1 Å². The van der Waals surface area contributed by atoms with Crippen molar-refractivity contribution in [3.05, 3.63) is 48.5 Å². The van der Waals surface area contributed by atoms with Crippen LogP contribution in [0, 0.1) is 0 Å². The van der Waals surface area contributed by atoms with E-state index in [1.807, 2.05) is 30.3 Å². The van der Waals surface area contributed by atoms with Gasteiger partial charge in [-0.3, -0.25) is 13.6 Å². The Morgan fingerprint density at radius 3 is 2.70 bits per heavy atom. The highest BCUT2D eigenvalue weighted by Gasteiger charge is 2.52. The number of nitrogens with two attached hydrogens (primary N) is 1. The summed E-state index contributed by atoms with van der Waals surface area (Å²) in [6.07, 6.45) is -1.07. The normalized spacial score (nSPS) is 30.5. The second-order valence-corrected chi connectivity index (χ2v) is 8.02. The van der Waals surface area contributed by atoms with Gasteiger partial charge in [0, 0.05) is 0 Å². The molecule has 0 aliphatic carbocycles. The maximum Gasteiger partial charge on any atom is 0.472 e. The predicted molar refractivity (Wildman–Crippen MR) is 103 cm³/mol. The lowest BCUT2D eigenvalue weighted by Gasteiger charge is -2.27. The van der Waals surface area contributed by atoms with Gasteiger partial charge in [-0.1, -0.05) is 30.3 Å². The first-order chi connectivity index (χ1) is 14.4. The number of nitrogen functional groups attached to an aromatic ring is 1. The Morgan fingerprint density at radius 2 is 2.00 bits per heavy atom. The molecule has 2 aliphatic heterocycles. The Balaban J connectivity index is 0.000000230.